The average Bonchev–Trinajstić information content (AvgIpc) is 2.57. The van der Waals surface area contributed by atoms with E-state index in [2.05, 4.69) is 20.3 Å². The van der Waals surface area contributed by atoms with Gasteiger partial charge >= 0.3 is 0 Å². The van der Waals surface area contributed by atoms with Gasteiger partial charge in [0.1, 0.15) is 10.8 Å². The van der Waals surface area contributed by atoms with E-state index in [4.69, 9.17) is 4.42 Å². The summed E-state index contributed by atoms with van der Waals surface area (Å²) in [6.45, 7) is 5.75. The zero-order valence-corrected chi connectivity index (χ0v) is 11.1. The topological polar surface area (TPSA) is 63.8 Å². The zero-order valence-electron chi connectivity index (χ0n) is 10.2. The lowest BCUT2D eigenvalue weighted by Crippen LogP contribution is -1.98. The first kappa shape index (κ1) is 11.9. The number of aromatic nitrogens is 3. The van der Waals surface area contributed by atoms with Gasteiger partial charge in [0.05, 0.1) is 5.69 Å². The second kappa shape index (κ2) is 4.75. The highest BCUT2D eigenvalue weighted by atomic mass is 32.2. The first-order chi connectivity index (χ1) is 8.08. The van der Waals surface area contributed by atoms with E-state index < -0.39 is 0 Å². The van der Waals surface area contributed by atoms with Crippen molar-refractivity contribution >= 4 is 17.7 Å². The molecule has 90 valence electrons. The quantitative estimate of drug-likeness (QED) is 0.845. The van der Waals surface area contributed by atoms with Crippen molar-refractivity contribution in [2.75, 3.05) is 12.4 Å². The molecule has 0 bridgehead atoms. The molecule has 0 saturated heterocycles. The molecular formula is C11H14N4OS. The smallest absolute Gasteiger partial charge is 0.262 e. The van der Waals surface area contributed by atoms with Crippen molar-refractivity contribution in [3.63, 3.8) is 0 Å². The van der Waals surface area contributed by atoms with E-state index in [1.807, 2.05) is 26.8 Å². The van der Waals surface area contributed by atoms with E-state index in [0.29, 0.717) is 11.2 Å². The second-order valence-corrected chi connectivity index (χ2v) is 4.62. The minimum Gasteiger partial charge on any atom is -0.436 e. The lowest BCUT2D eigenvalue weighted by atomic mass is 10.4. The molecule has 0 amide bonds. The zero-order chi connectivity index (χ0) is 12.4. The summed E-state index contributed by atoms with van der Waals surface area (Å²) in [5.74, 6) is 1.44. The molecule has 6 heteroatoms. The molecule has 2 heterocycles. The molecule has 0 aliphatic carbocycles. The van der Waals surface area contributed by atoms with Crippen LogP contribution >= 0.6 is 11.8 Å². The SMILES string of the molecule is CNc1nc(C)cc(Sc2nc(C)c(C)o2)n1. The Morgan fingerprint density at radius 1 is 1.18 bits per heavy atom. The minimum absolute atomic E-state index is 0.604. The summed E-state index contributed by atoms with van der Waals surface area (Å²) in [7, 11) is 1.79. The Kier molecular flexibility index (Phi) is 3.33. The van der Waals surface area contributed by atoms with Crippen LogP contribution in [0.3, 0.4) is 0 Å². The van der Waals surface area contributed by atoms with Gasteiger partial charge in [-0.25, -0.2) is 15.0 Å². The van der Waals surface area contributed by atoms with E-state index >= 15 is 0 Å². The molecular weight excluding hydrogens is 236 g/mol. The fourth-order valence-electron chi connectivity index (χ4n) is 1.28. The summed E-state index contributed by atoms with van der Waals surface area (Å²) in [6.07, 6.45) is 0. The van der Waals surface area contributed by atoms with Crippen molar-refractivity contribution in [1.29, 1.82) is 0 Å². The number of hydrogen-bond donors (Lipinski definition) is 1. The largest absolute Gasteiger partial charge is 0.436 e. The van der Waals surface area contributed by atoms with Gasteiger partial charge in [0.15, 0.2) is 0 Å². The van der Waals surface area contributed by atoms with Gasteiger partial charge in [-0.15, -0.1) is 0 Å². The minimum atomic E-state index is 0.604. The highest BCUT2D eigenvalue weighted by Gasteiger charge is 2.09. The van der Waals surface area contributed by atoms with Crippen LogP contribution in [0.25, 0.3) is 0 Å². The third-order valence-corrected chi connectivity index (χ3v) is 3.02. The van der Waals surface area contributed by atoms with Gasteiger partial charge in [0, 0.05) is 12.7 Å². The van der Waals surface area contributed by atoms with Crippen LogP contribution in [0.15, 0.2) is 20.7 Å². The van der Waals surface area contributed by atoms with Crippen LogP contribution in [0.4, 0.5) is 5.95 Å². The Bertz CT molecular complexity index is 519. The number of anilines is 1. The van der Waals surface area contributed by atoms with Crippen molar-refractivity contribution < 1.29 is 4.42 Å². The molecule has 0 saturated carbocycles. The number of rotatable bonds is 3. The first-order valence-electron chi connectivity index (χ1n) is 5.24. The monoisotopic (exact) mass is 250 g/mol. The summed E-state index contributed by atoms with van der Waals surface area (Å²) < 4.78 is 5.50. The van der Waals surface area contributed by atoms with Gasteiger partial charge in [-0.3, -0.25) is 0 Å². The van der Waals surface area contributed by atoms with Crippen molar-refractivity contribution in [2.24, 2.45) is 0 Å². The molecule has 2 rings (SSSR count). The third kappa shape index (κ3) is 2.76. The van der Waals surface area contributed by atoms with Crippen molar-refractivity contribution in [3.05, 3.63) is 23.2 Å². The molecule has 0 spiro atoms. The molecule has 0 radical (unpaired) electrons. The standard InChI is InChI=1S/C11H14N4OS/c1-6-5-9(15-10(12-4)13-6)17-11-14-7(2)8(3)16-11/h5H,1-4H3,(H,12,13,15). The van der Waals surface area contributed by atoms with Crippen LogP contribution in [0, 0.1) is 20.8 Å². The Balaban J connectivity index is 2.26. The lowest BCUT2D eigenvalue weighted by Gasteiger charge is -2.02. The number of aryl methyl sites for hydroxylation is 3. The van der Waals surface area contributed by atoms with E-state index in [9.17, 15) is 0 Å². The van der Waals surface area contributed by atoms with Gasteiger partial charge < -0.3 is 9.73 Å². The predicted molar refractivity (Wildman–Crippen MR) is 66.4 cm³/mol. The highest BCUT2D eigenvalue weighted by molar-refractivity contribution is 7.99. The summed E-state index contributed by atoms with van der Waals surface area (Å²) in [5.41, 5.74) is 1.82. The normalized spacial score (nSPS) is 10.6. The lowest BCUT2D eigenvalue weighted by molar-refractivity contribution is 0.431. The Morgan fingerprint density at radius 2 is 1.94 bits per heavy atom. The molecule has 0 atom stereocenters. The Labute approximate surface area is 104 Å². The number of oxazole rings is 1. The molecule has 1 N–H and O–H groups in total. The van der Waals surface area contributed by atoms with Gasteiger partial charge in [0.2, 0.25) is 5.95 Å². The number of nitrogens with one attached hydrogen (secondary N) is 1. The van der Waals surface area contributed by atoms with Crippen molar-refractivity contribution in [2.45, 2.75) is 31.0 Å². The maximum absolute atomic E-state index is 5.50. The van der Waals surface area contributed by atoms with Crippen LogP contribution < -0.4 is 5.32 Å². The highest BCUT2D eigenvalue weighted by Crippen LogP contribution is 2.27. The fraction of sp³-hybridized carbons (Fsp3) is 0.364. The summed E-state index contributed by atoms with van der Waals surface area (Å²) in [5, 5.41) is 4.36. The molecule has 0 unspecified atom stereocenters. The first-order valence-corrected chi connectivity index (χ1v) is 6.05. The maximum Gasteiger partial charge on any atom is 0.262 e. The van der Waals surface area contributed by atoms with E-state index in [0.717, 1.165) is 22.2 Å². The summed E-state index contributed by atoms with van der Waals surface area (Å²) in [6, 6.07) is 1.90. The fourth-order valence-corrected chi connectivity index (χ4v) is 2.17. The molecule has 2 aromatic rings. The third-order valence-electron chi connectivity index (χ3n) is 2.26. The summed E-state index contributed by atoms with van der Waals surface area (Å²) in [4.78, 5) is 12.9. The van der Waals surface area contributed by atoms with Gasteiger partial charge in [-0.05, 0) is 38.6 Å². The van der Waals surface area contributed by atoms with Gasteiger partial charge in [-0.2, -0.15) is 0 Å². The van der Waals surface area contributed by atoms with Crippen LogP contribution in [0.2, 0.25) is 0 Å². The predicted octanol–water partition coefficient (Wildman–Crippen LogP) is 2.58. The van der Waals surface area contributed by atoms with Crippen molar-refractivity contribution in [3.8, 4) is 0 Å². The molecule has 0 aliphatic heterocycles. The molecule has 17 heavy (non-hydrogen) atoms. The van der Waals surface area contributed by atoms with E-state index in [-0.39, 0.29) is 0 Å². The van der Waals surface area contributed by atoms with Crippen LogP contribution in [-0.4, -0.2) is 22.0 Å². The van der Waals surface area contributed by atoms with Gasteiger partial charge in [0.25, 0.3) is 5.22 Å². The molecule has 5 nitrogen and oxygen atoms in total. The number of hydrogen-bond acceptors (Lipinski definition) is 6. The average molecular weight is 250 g/mol. The summed E-state index contributed by atoms with van der Waals surface area (Å²) >= 11 is 1.40. The Morgan fingerprint density at radius 3 is 2.53 bits per heavy atom. The molecule has 0 aromatic carbocycles. The Hall–Kier alpha value is -1.56. The molecule has 2 aromatic heterocycles. The van der Waals surface area contributed by atoms with Crippen LogP contribution in [-0.2, 0) is 0 Å². The maximum atomic E-state index is 5.50. The number of nitrogens with zero attached hydrogens (tertiary/aromatic N) is 3. The van der Waals surface area contributed by atoms with Crippen molar-refractivity contribution in [1.82, 2.24) is 15.0 Å². The van der Waals surface area contributed by atoms with Gasteiger partial charge in [-0.1, -0.05) is 0 Å². The molecule has 0 fully saturated rings. The second-order valence-electron chi connectivity index (χ2n) is 3.64. The van der Waals surface area contributed by atoms with E-state index in [1.165, 1.54) is 11.8 Å². The van der Waals surface area contributed by atoms with Crippen LogP contribution in [0.5, 0.6) is 0 Å². The molecule has 0 aliphatic rings. The van der Waals surface area contributed by atoms with Crippen LogP contribution in [0.1, 0.15) is 17.1 Å². The van der Waals surface area contributed by atoms with E-state index in [1.54, 1.807) is 7.05 Å².